The number of benzene rings is 2. The number of anilines is 1. The second-order valence-electron chi connectivity index (χ2n) is 5.25. The molecule has 2 aromatic carbocycles. The quantitative estimate of drug-likeness (QED) is 0.825. The Kier molecular flexibility index (Phi) is 5.64. The molecule has 0 aliphatic carbocycles. The van der Waals surface area contributed by atoms with Crippen LogP contribution in [0.2, 0.25) is 0 Å². The average molecular weight is 285 g/mol. The van der Waals surface area contributed by atoms with Gasteiger partial charge in [-0.1, -0.05) is 30.3 Å². The highest BCUT2D eigenvalue weighted by Crippen LogP contribution is 2.18. The molecule has 21 heavy (non-hydrogen) atoms. The molecule has 0 radical (unpaired) electrons. The summed E-state index contributed by atoms with van der Waals surface area (Å²) in [5.41, 5.74) is 3.50. The predicted molar refractivity (Wildman–Crippen MR) is 86.7 cm³/mol. The Balaban J connectivity index is 1.96. The highest BCUT2D eigenvalue weighted by molar-refractivity contribution is 5.51. The van der Waals surface area contributed by atoms with Gasteiger partial charge >= 0.3 is 0 Å². The third kappa shape index (κ3) is 4.80. The van der Waals surface area contributed by atoms with Gasteiger partial charge in [-0.05, 0) is 37.6 Å². The molecule has 0 amide bonds. The van der Waals surface area contributed by atoms with Crippen molar-refractivity contribution in [1.29, 1.82) is 0 Å². The van der Waals surface area contributed by atoms with Crippen molar-refractivity contribution >= 4 is 5.69 Å². The minimum Gasteiger partial charge on any atom is -0.491 e. The molecule has 0 heterocycles. The molecule has 0 atom stereocenters. The van der Waals surface area contributed by atoms with Crippen molar-refractivity contribution in [3.05, 3.63) is 59.7 Å². The number of methoxy groups -OCH3 is 1. The van der Waals surface area contributed by atoms with Gasteiger partial charge < -0.3 is 14.8 Å². The minimum absolute atomic E-state index is 0.204. The smallest absolute Gasteiger partial charge is 0.119 e. The maximum atomic E-state index is 5.65. The summed E-state index contributed by atoms with van der Waals surface area (Å²) < 4.78 is 10.9. The predicted octanol–water partition coefficient (Wildman–Crippen LogP) is 4.23. The maximum absolute atomic E-state index is 5.65. The molecule has 0 aliphatic rings. The van der Waals surface area contributed by atoms with E-state index in [1.807, 2.05) is 38.1 Å². The lowest BCUT2D eigenvalue weighted by Crippen LogP contribution is -2.06. The van der Waals surface area contributed by atoms with Crippen LogP contribution in [0.25, 0.3) is 0 Å². The summed E-state index contributed by atoms with van der Waals surface area (Å²) in [5.74, 6) is 0.911. The van der Waals surface area contributed by atoms with Gasteiger partial charge in [-0.3, -0.25) is 0 Å². The Hall–Kier alpha value is -2.00. The summed E-state index contributed by atoms with van der Waals surface area (Å²) in [6, 6.07) is 16.4. The highest BCUT2D eigenvalue weighted by atomic mass is 16.5. The van der Waals surface area contributed by atoms with E-state index in [2.05, 4.69) is 29.6 Å². The summed E-state index contributed by atoms with van der Waals surface area (Å²) >= 11 is 0. The number of para-hydroxylation sites is 1. The summed E-state index contributed by atoms with van der Waals surface area (Å²) in [4.78, 5) is 0. The molecule has 3 nitrogen and oxygen atoms in total. The molecule has 0 fully saturated rings. The largest absolute Gasteiger partial charge is 0.491 e. The average Bonchev–Trinajstić information content (AvgIpc) is 2.48. The van der Waals surface area contributed by atoms with E-state index in [1.54, 1.807) is 7.11 Å². The Labute approximate surface area is 126 Å². The van der Waals surface area contributed by atoms with Crippen molar-refractivity contribution in [2.24, 2.45) is 0 Å². The molecule has 0 saturated heterocycles. The van der Waals surface area contributed by atoms with Gasteiger partial charge in [0.2, 0.25) is 0 Å². The van der Waals surface area contributed by atoms with Gasteiger partial charge in [-0.15, -0.1) is 0 Å². The van der Waals surface area contributed by atoms with Gasteiger partial charge in [0, 0.05) is 24.9 Å². The van der Waals surface area contributed by atoms with E-state index in [0.29, 0.717) is 6.61 Å². The number of hydrogen-bond acceptors (Lipinski definition) is 3. The van der Waals surface area contributed by atoms with E-state index in [-0.39, 0.29) is 6.10 Å². The van der Waals surface area contributed by atoms with Gasteiger partial charge in [-0.25, -0.2) is 0 Å². The molecule has 2 rings (SSSR count). The van der Waals surface area contributed by atoms with E-state index >= 15 is 0 Å². The molecule has 0 aromatic heterocycles. The van der Waals surface area contributed by atoms with Crippen LogP contribution in [-0.4, -0.2) is 13.2 Å². The normalized spacial score (nSPS) is 10.7. The van der Waals surface area contributed by atoms with Crippen LogP contribution in [-0.2, 0) is 17.9 Å². The molecule has 0 bridgehead atoms. The Morgan fingerprint density at radius 1 is 1.00 bits per heavy atom. The van der Waals surface area contributed by atoms with Crippen molar-refractivity contribution < 1.29 is 9.47 Å². The topological polar surface area (TPSA) is 30.5 Å². The SMILES string of the molecule is COCc1ccccc1NCc1ccc(OC(C)C)cc1. The lowest BCUT2D eigenvalue weighted by atomic mass is 10.1. The standard InChI is InChI=1S/C18H23NO2/c1-14(2)21-17-10-8-15(9-11-17)12-19-18-7-5-4-6-16(18)13-20-3/h4-11,14,19H,12-13H2,1-3H3. The molecule has 1 N–H and O–H groups in total. The number of hydrogen-bond donors (Lipinski definition) is 1. The van der Waals surface area contributed by atoms with Crippen molar-refractivity contribution in [2.75, 3.05) is 12.4 Å². The Morgan fingerprint density at radius 3 is 2.38 bits per heavy atom. The van der Waals surface area contributed by atoms with E-state index in [1.165, 1.54) is 11.1 Å². The molecular weight excluding hydrogens is 262 g/mol. The van der Waals surface area contributed by atoms with E-state index in [4.69, 9.17) is 9.47 Å². The van der Waals surface area contributed by atoms with Crippen LogP contribution in [0.15, 0.2) is 48.5 Å². The summed E-state index contributed by atoms with van der Waals surface area (Å²) in [6.45, 7) is 5.46. The van der Waals surface area contributed by atoms with Crippen LogP contribution in [0, 0.1) is 0 Å². The lowest BCUT2D eigenvalue weighted by Gasteiger charge is -2.13. The summed E-state index contributed by atoms with van der Waals surface area (Å²) in [6.07, 6.45) is 0.204. The molecule has 0 unspecified atom stereocenters. The van der Waals surface area contributed by atoms with E-state index in [0.717, 1.165) is 18.0 Å². The molecule has 0 saturated carbocycles. The zero-order chi connectivity index (χ0) is 15.1. The minimum atomic E-state index is 0.204. The first-order valence-electron chi connectivity index (χ1n) is 7.25. The summed E-state index contributed by atoms with van der Waals surface area (Å²) in [5, 5.41) is 3.45. The van der Waals surface area contributed by atoms with Crippen LogP contribution >= 0.6 is 0 Å². The number of nitrogens with one attached hydrogen (secondary N) is 1. The first kappa shape index (κ1) is 15.4. The molecule has 0 aliphatic heterocycles. The fraction of sp³-hybridized carbons (Fsp3) is 0.333. The Morgan fingerprint density at radius 2 is 1.71 bits per heavy atom. The fourth-order valence-corrected chi connectivity index (χ4v) is 2.13. The van der Waals surface area contributed by atoms with Crippen LogP contribution in [0.4, 0.5) is 5.69 Å². The third-order valence-electron chi connectivity index (χ3n) is 3.10. The van der Waals surface area contributed by atoms with Crippen LogP contribution < -0.4 is 10.1 Å². The van der Waals surface area contributed by atoms with Crippen molar-refractivity contribution in [3.8, 4) is 5.75 Å². The molecule has 0 spiro atoms. The van der Waals surface area contributed by atoms with Gasteiger partial charge in [0.25, 0.3) is 0 Å². The fourth-order valence-electron chi connectivity index (χ4n) is 2.13. The first-order chi connectivity index (χ1) is 10.2. The van der Waals surface area contributed by atoms with Gasteiger partial charge in [0.1, 0.15) is 5.75 Å². The Bertz CT molecular complexity index is 549. The van der Waals surface area contributed by atoms with Gasteiger partial charge in [0.15, 0.2) is 0 Å². The molecule has 3 heteroatoms. The zero-order valence-corrected chi connectivity index (χ0v) is 12.9. The molecule has 112 valence electrons. The molecular formula is C18H23NO2. The van der Waals surface area contributed by atoms with E-state index < -0.39 is 0 Å². The summed E-state index contributed by atoms with van der Waals surface area (Å²) in [7, 11) is 1.71. The van der Waals surface area contributed by atoms with Crippen LogP contribution in [0.5, 0.6) is 5.75 Å². The van der Waals surface area contributed by atoms with Crippen LogP contribution in [0.1, 0.15) is 25.0 Å². The van der Waals surface area contributed by atoms with Crippen LogP contribution in [0.3, 0.4) is 0 Å². The van der Waals surface area contributed by atoms with Crippen molar-refractivity contribution in [1.82, 2.24) is 0 Å². The molecule has 2 aromatic rings. The second kappa shape index (κ2) is 7.70. The maximum Gasteiger partial charge on any atom is 0.119 e. The monoisotopic (exact) mass is 285 g/mol. The third-order valence-corrected chi connectivity index (χ3v) is 3.10. The highest BCUT2D eigenvalue weighted by Gasteiger charge is 2.02. The number of rotatable bonds is 7. The van der Waals surface area contributed by atoms with E-state index in [9.17, 15) is 0 Å². The zero-order valence-electron chi connectivity index (χ0n) is 12.9. The number of ether oxygens (including phenoxy) is 2. The van der Waals surface area contributed by atoms with Crippen molar-refractivity contribution in [3.63, 3.8) is 0 Å². The first-order valence-corrected chi connectivity index (χ1v) is 7.25. The lowest BCUT2D eigenvalue weighted by molar-refractivity contribution is 0.185. The van der Waals surface area contributed by atoms with Gasteiger partial charge in [-0.2, -0.15) is 0 Å². The van der Waals surface area contributed by atoms with Gasteiger partial charge in [0.05, 0.1) is 12.7 Å². The second-order valence-corrected chi connectivity index (χ2v) is 5.25. The van der Waals surface area contributed by atoms with Crippen molar-refractivity contribution in [2.45, 2.75) is 33.1 Å².